The molecular weight excluding hydrogens is 520 g/mol. The molecule has 0 fully saturated rings. The van der Waals surface area contributed by atoms with Gasteiger partial charge < -0.3 is 14.4 Å². The number of carbonyl (C=O) groups excluding carboxylic acids is 1. The van der Waals surface area contributed by atoms with E-state index in [-0.39, 0.29) is 17.6 Å². The van der Waals surface area contributed by atoms with E-state index in [9.17, 15) is 9.90 Å². The molecule has 0 aliphatic carbocycles. The molecule has 8 heteroatoms. The van der Waals surface area contributed by atoms with Crippen molar-refractivity contribution < 1.29 is 14.6 Å². The van der Waals surface area contributed by atoms with Crippen LogP contribution < -0.4 is 4.74 Å². The van der Waals surface area contributed by atoms with E-state index >= 15 is 0 Å². The predicted octanol–water partition coefficient (Wildman–Crippen LogP) is 7.84. The number of ether oxygens (including phenoxy) is 1. The van der Waals surface area contributed by atoms with Gasteiger partial charge >= 0.3 is 0 Å². The van der Waals surface area contributed by atoms with Crippen LogP contribution in [0.1, 0.15) is 30.2 Å². The van der Waals surface area contributed by atoms with E-state index in [0.29, 0.717) is 33.3 Å². The number of aromatic nitrogens is 2. The van der Waals surface area contributed by atoms with Crippen LogP contribution in [0.5, 0.6) is 11.6 Å². The fraction of sp³-hybridized carbons (Fsp3) is 0.143. The Bertz CT molecular complexity index is 1640. The fourth-order valence-electron chi connectivity index (χ4n) is 4.28. The summed E-state index contributed by atoms with van der Waals surface area (Å²) in [4.78, 5) is 18.1. The number of halogens is 1. The SMILES string of the molecule is COc1ccc2c(c1)c(N=NC(=O)c1cc(-c3ccc(Br)cc3)nc3ccccc13)c(O)n2C(C)C. The highest BCUT2D eigenvalue weighted by atomic mass is 79.9. The Morgan fingerprint density at radius 2 is 1.78 bits per heavy atom. The Morgan fingerprint density at radius 1 is 1.03 bits per heavy atom. The first-order valence-electron chi connectivity index (χ1n) is 11.4. The van der Waals surface area contributed by atoms with Crippen molar-refractivity contribution in [2.45, 2.75) is 19.9 Å². The van der Waals surface area contributed by atoms with Gasteiger partial charge in [-0.15, -0.1) is 10.2 Å². The molecule has 0 aliphatic rings. The first-order valence-corrected chi connectivity index (χ1v) is 12.2. The van der Waals surface area contributed by atoms with E-state index in [2.05, 4.69) is 26.2 Å². The molecule has 0 spiro atoms. The van der Waals surface area contributed by atoms with E-state index in [0.717, 1.165) is 15.6 Å². The Labute approximate surface area is 216 Å². The van der Waals surface area contributed by atoms with Crippen molar-refractivity contribution in [3.05, 3.63) is 82.8 Å². The second-order valence-electron chi connectivity index (χ2n) is 8.60. The monoisotopic (exact) mass is 542 g/mol. The molecule has 3 aromatic carbocycles. The maximum Gasteiger partial charge on any atom is 0.296 e. The van der Waals surface area contributed by atoms with Crippen LogP contribution in [0.3, 0.4) is 0 Å². The summed E-state index contributed by atoms with van der Waals surface area (Å²) in [5.41, 5.74) is 3.59. The van der Waals surface area contributed by atoms with Crippen molar-refractivity contribution in [2.24, 2.45) is 10.2 Å². The zero-order valence-electron chi connectivity index (χ0n) is 19.9. The molecule has 2 aromatic heterocycles. The molecule has 0 bridgehead atoms. The van der Waals surface area contributed by atoms with E-state index < -0.39 is 5.91 Å². The van der Waals surface area contributed by atoms with Gasteiger partial charge in [0.15, 0.2) is 5.69 Å². The highest BCUT2D eigenvalue weighted by molar-refractivity contribution is 9.10. The topological polar surface area (TPSA) is 89.1 Å². The summed E-state index contributed by atoms with van der Waals surface area (Å²) in [5.74, 6) is 0.0325. The average molecular weight is 543 g/mol. The van der Waals surface area contributed by atoms with Crippen molar-refractivity contribution in [3.8, 4) is 22.9 Å². The summed E-state index contributed by atoms with van der Waals surface area (Å²) in [6, 6.07) is 22.3. The minimum Gasteiger partial charge on any atom is -0.497 e. The van der Waals surface area contributed by atoms with Gasteiger partial charge in [0, 0.05) is 26.9 Å². The number of pyridine rings is 1. The molecule has 180 valence electrons. The largest absolute Gasteiger partial charge is 0.497 e. The third-order valence-corrected chi connectivity index (χ3v) is 6.53. The number of rotatable bonds is 5. The van der Waals surface area contributed by atoms with Crippen LogP contribution in [0.4, 0.5) is 5.69 Å². The summed E-state index contributed by atoms with van der Waals surface area (Å²) in [7, 11) is 1.57. The maximum atomic E-state index is 13.4. The molecule has 0 aliphatic heterocycles. The summed E-state index contributed by atoms with van der Waals surface area (Å²) >= 11 is 3.45. The molecule has 0 unspecified atom stereocenters. The zero-order chi connectivity index (χ0) is 25.4. The summed E-state index contributed by atoms with van der Waals surface area (Å²) < 4.78 is 8.06. The Morgan fingerprint density at radius 3 is 2.50 bits per heavy atom. The van der Waals surface area contributed by atoms with Crippen LogP contribution in [-0.4, -0.2) is 27.7 Å². The number of para-hydroxylation sites is 1. The van der Waals surface area contributed by atoms with Crippen molar-refractivity contribution in [3.63, 3.8) is 0 Å². The van der Waals surface area contributed by atoms with E-state index in [4.69, 9.17) is 9.72 Å². The van der Waals surface area contributed by atoms with Crippen LogP contribution in [-0.2, 0) is 0 Å². The van der Waals surface area contributed by atoms with Crippen LogP contribution in [0.15, 0.2) is 87.5 Å². The maximum absolute atomic E-state index is 13.4. The Hall–Kier alpha value is -4.04. The number of aromatic hydroxyl groups is 1. The van der Waals surface area contributed by atoms with Gasteiger partial charge in [0.1, 0.15) is 5.75 Å². The van der Waals surface area contributed by atoms with Crippen molar-refractivity contribution in [2.75, 3.05) is 7.11 Å². The molecule has 0 radical (unpaired) electrons. The lowest BCUT2D eigenvalue weighted by molar-refractivity contribution is 0.0996. The van der Waals surface area contributed by atoms with Gasteiger partial charge in [0.2, 0.25) is 5.88 Å². The van der Waals surface area contributed by atoms with E-state index in [1.54, 1.807) is 23.8 Å². The minimum absolute atomic E-state index is 0.0295. The zero-order valence-corrected chi connectivity index (χ0v) is 21.5. The van der Waals surface area contributed by atoms with E-state index in [1.807, 2.05) is 74.5 Å². The number of carbonyl (C=O) groups is 1. The first kappa shape index (κ1) is 23.7. The molecule has 5 rings (SSSR count). The van der Waals surface area contributed by atoms with Gasteiger partial charge in [-0.3, -0.25) is 4.79 Å². The molecule has 1 amide bonds. The molecule has 0 saturated heterocycles. The highest BCUT2D eigenvalue weighted by Crippen LogP contribution is 2.42. The molecule has 5 aromatic rings. The molecule has 36 heavy (non-hydrogen) atoms. The number of nitrogens with zero attached hydrogens (tertiary/aromatic N) is 4. The lowest BCUT2D eigenvalue weighted by atomic mass is 10.0. The van der Waals surface area contributed by atoms with Gasteiger partial charge in [-0.25, -0.2) is 4.98 Å². The number of azo groups is 1. The molecule has 7 nitrogen and oxygen atoms in total. The minimum atomic E-state index is -0.528. The lowest BCUT2D eigenvalue weighted by Gasteiger charge is -2.10. The van der Waals surface area contributed by atoms with Crippen LogP contribution >= 0.6 is 15.9 Å². The smallest absolute Gasteiger partial charge is 0.296 e. The van der Waals surface area contributed by atoms with Gasteiger partial charge in [0.05, 0.1) is 29.4 Å². The van der Waals surface area contributed by atoms with Crippen LogP contribution in [0, 0.1) is 0 Å². The second kappa shape index (κ2) is 9.54. The number of benzene rings is 3. The van der Waals surface area contributed by atoms with Crippen LogP contribution in [0.2, 0.25) is 0 Å². The summed E-state index contributed by atoms with van der Waals surface area (Å²) in [6.45, 7) is 3.92. The summed E-state index contributed by atoms with van der Waals surface area (Å²) in [5, 5.41) is 20.6. The Balaban J connectivity index is 1.62. The van der Waals surface area contributed by atoms with Crippen LogP contribution in [0.25, 0.3) is 33.1 Å². The average Bonchev–Trinajstić information content (AvgIpc) is 3.17. The Kier molecular flexibility index (Phi) is 6.28. The van der Waals surface area contributed by atoms with Crippen molar-refractivity contribution in [1.82, 2.24) is 9.55 Å². The summed E-state index contributed by atoms with van der Waals surface area (Å²) in [6.07, 6.45) is 0. The highest BCUT2D eigenvalue weighted by Gasteiger charge is 2.20. The third kappa shape index (κ3) is 4.24. The quantitative estimate of drug-likeness (QED) is 0.229. The number of methoxy groups -OCH3 is 1. The molecule has 1 N–H and O–H groups in total. The molecule has 0 atom stereocenters. The lowest BCUT2D eigenvalue weighted by Crippen LogP contribution is -1.99. The number of amides is 1. The third-order valence-electron chi connectivity index (χ3n) is 6.00. The number of hydrogen-bond acceptors (Lipinski definition) is 5. The molecular formula is C28H23BrN4O3. The van der Waals surface area contributed by atoms with Crippen molar-refractivity contribution >= 4 is 49.3 Å². The van der Waals surface area contributed by atoms with Gasteiger partial charge in [-0.1, -0.05) is 46.3 Å². The predicted molar refractivity (Wildman–Crippen MR) is 144 cm³/mol. The van der Waals surface area contributed by atoms with Gasteiger partial charge in [-0.2, -0.15) is 0 Å². The second-order valence-corrected chi connectivity index (χ2v) is 9.52. The van der Waals surface area contributed by atoms with Crippen molar-refractivity contribution in [1.29, 1.82) is 0 Å². The van der Waals surface area contributed by atoms with Gasteiger partial charge in [-0.05, 0) is 56.3 Å². The molecule has 2 heterocycles. The normalized spacial score (nSPS) is 11.7. The fourth-order valence-corrected chi connectivity index (χ4v) is 4.55. The number of fused-ring (bicyclic) bond motifs is 2. The number of hydrogen-bond donors (Lipinski definition) is 1. The first-order chi connectivity index (χ1) is 17.4. The standard InChI is InChI=1S/C28H23BrN4O3/c1-16(2)33-25-13-12-19(36-3)14-22(25)26(28(33)35)31-32-27(34)21-15-24(17-8-10-18(29)11-9-17)30-23-7-5-4-6-20(21)23/h4-16,35H,1-3H3. The van der Waals surface area contributed by atoms with Gasteiger partial charge in [0.25, 0.3) is 5.91 Å². The van der Waals surface area contributed by atoms with E-state index in [1.165, 1.54) is 0 Å². The molecule has 0 saturated carbocycles.